The van der Waals surface area contributed by atoms with E-state index in [1.165, 1.54) is 30.4 Å². The van der Waals surface area contributed by atoms with E-state index in [0.29, 0.717) is 0 Å². The number of oxime groups is 1. The van der Waals surface area contributed by atoms with Crippen molar-refractivity contribution in [1.82, 2.24) is 9.55 Å². The Bertz CT molecular complexity index is 629. The molecular formula is C17H21N3O. The molecule has 0 unspecified atom stereocenters. The van der Waals surface area contributed by atoms with Crippen molar-refractivity contribution < 1.29 is 4.84 Å². The van der Waals surface area contributed by atoms with E-state index >= 15 is 0 Å². The molecule has 0 fully saturated rings. The van der Waals surface area contributed by atoms with E-state index in [2.05, 4.69) is 28.3 Å². The molecule has 3 rings (SSSR count). The van der Waals surface area contributed by atoms with Gasteiger partial charge in [-0.15, -0.1) is 0 Å². The molecule has 2 aromatic rings. The Morgan fingerprint density at radius 1 is 1.24 bits per heavy atom. The SMILES string of the molecule is CC(C)O/N=C(/c1ccc2c(c1)CCCC2)n1ccnc1. The highest BCUT2D eigenvalue weighted by Crippen LogP contribution is 2.23. The molecule has 1 aromatic heterocycles. The second-order valence-corrected chi connectivity index (χ2v) is 5.73. The lowest BCUT2D eigenvalue weighted by atomic mass is 9.90. The van der Waals surface area contributed by atoms with Crippen molar-refractivity contribution in [2.75, 3.05) is 0 Å². The fraction of sp³-hybridized carbons (Fsp3) is 0.412. The number of rotatable bonds is 3. The zero-order valence-electron chi connectivity index (χ0n) is 12.6. The predicted octanol–water partition coefficient (Wildman–Crippen LogP) is 3.40. The molecule has 110 valence electrons. The molecule has 0 amide bonds. The third-order valence-corrected chi connectivity index (χ3v) is 3.71. The van der Waals surface area contributed by atoms with Gasteiger partial charge in [-0.2, -0.15) is 0 Å². The second kappa shape index (κ2) is 6.12. The summed E-state index contributed by atoms with van der Waals surface area (Å²) < 4.78 is 1.90. The summed E-state index contributed by atoms with van der Waals surface area (Å²) in [7, 11) is 0. The van der Waals surface area contributed by atoms with Crippen LogP contribution in [0.4, 0.5) is 0 Å². The van der Waals surface area contributed by atoms with Gasteiger partial charge in [0, 0.05) is 18.0 Å². The van der Waals surface area contributed by atoms with Crippen LogP contribution in [0.25, 0.3) is 0 Å². The van der Waals surface area contributed by atoms with Gasteiger partial charge < -0.3 is 4.84 Å². The van der Waals surface area contributed by atoms with E-state index in [9.17, 15) is 0 Å². The normalized spacial score (nSPS) is 15.1. The minimum atomic E-state index is 0.0566. The second-order valence-electron chi connectivity index (χ2n) is 5.73. The molecule has 4 nitrogen and oxygen atoms in total. The summed E-state index contributed by atoms with van der Waals surface area (Å²) in [4.78, 5) is 9.58. The van der Waals surface area contributed by atoms with Gasteiger partial charge in [-0.05, 0) is 56.7 Å². The van der Waals surface area contributed by atoms with Crippen LogP contribution >= 0.6 is 0 Å². The van der Waals surface area contributed by atoms with Gasteiger partial charge in [-0.1, -0.05) is 17.3 Å². The first-order chi connectivity index (χ1) is 10.2. The van der Waals surface area contributed by atoms with Crippen molar-refractivity contribution in [3.63, 3.8) is 0 Å². The first-order valence-electron chi connectivity index (χ1n) is 7.58. The molecule has 0 N–H and O–H groups in total. The van der Waals surface area contributed by atoms with Crippen molar-refractivity contribution in [2.45, 2.75) is 45.6 Å². The van der Waals surface area contributed by atoms with Crippen LogP contribution in [0, 0.1) is 0 Å². The van der Waals surface area contributed by atoms with Crippen LogP contribution in [0.1, 0.15) is 43.4 Å². The van der Waals surface area contributed by atoms with Crippen LogP contribution in [0.3, 0.4) is 0 Å². The van der Waals surface area contributed by atoms with Gasteiger partial charge in [0.05, 0.1) is 0 Å². The van der Waals surface area contributed by atoms with E-state index in [4.69, 9.17) is 4.84 Å². The Morgan fingerprint density at radius 3 is 2.76 bits per heavy atom. The number of imidazole rings is 1. The summed E-state index contributed by atoms with van der Waals surface area (Å²) >= 11 is 0. The van der Waals surface area contributed by atoms with E-state index < -0.39 is 0 Å². The fourth-order valence-corrected chi connectivity index (χ4v) is 2.66. The Labute approximate surface area is 125 Å². The molecule has 1 aromatic carbocycles. The number of fused-ring (bicyclic) bond motifs is 1. The molecule has 4 heteroatoms. The average Bonchev–Trinajstić information content (AvgIpc) is 3.01. The topological polar surface area (TPSA) is 39.4 Å². The number of hydrogen-bond donors (Lipinski definition) is 0. The first-order valence-corrected chi connectivity index (χ1v) is 7.58. The number of benzene rings is 1. The third-order valence-electron chi connectivity index (χ3n) is 3.71. The minimum absolute atomic E-state index is 0.0566. The van der Waals surface area contributed by atoms with Crippen LogP contribution in [0.5, 0.6) is 0 Å². The molecule has 1 aliphatic rings. The summed E-state index contributed by atoms with van der Waals surface area (Å²) in [6.07, 6.45) is 10.4. The monoisotopic (exact) mass is 283 g/mol. The van der Waals surface area contributed by atoms with Crippen molar-refractivity contribution >= 4 is 5.84 Å². The summed E-state index contributed by atoms with van der Waals surface area (Å²) in [5.41, 5.74) is 3.99. The molecule has 0 atom stereocenters. The van der Waals surface area contributed by atoms with Crippen LogP contribution in [-0.4, -0.2) is 21.5 Å². The van der Waals surface area contributed by atoms with E-state index in [0.717, 1.165) is 17.8 Å². The van der Waals surface area contributed by atoms with E-state index in [-0.39, 0.29) is 6.10 Å². The molecule has 0 aliphatic heterocycles. The molecule has 1 heterocycles. The average molecular weight is 283 g/mol. The standard InChI is InChI=1S/C17H21N3O/c1-13(2)21-19-17(20-10-9-18-12-20)16-8-7-14-5-3-4-6-15(14)11-16/h7-13H,3-6H2,1-2H3/b19-17-. The molecule has 0 bridgehead atoms. The lowest BCUT2D eigenvalue weighted by molar-refractivity contribution is 0.0853. The number of aromatic nitrogens is 2. The molecule has 0 saturated carbocycles. The maximum atomic E-state index is 5.47. The van der Waals surface area contributed by atoms with Gasteiger partial charge in [0.15, 0.2) is 5.84 Å². The maximum Gasteiger partial charge on any atom is 0.184 e. The fourth-order valence-electron chi connectivity index (χ4n) is 2.66. The van der Waals surface area contributed by atoms with Gasteiger partial charge in [-0.25, -0.2) is 4.98 Å². The van der Waals surface area contributed by atoms with Crippen LogP contribution in [0.2, 0.25) is 0 Å². The van der Waals surface area contributed by atoms with Crippen molar-refractivity contribution in [1.29, 1.82) is 0 Å². The Kier molecular flexibility index (Phi) is 4.04. The number of hydrogen-bond acceptors (Lipinski definition) is 3. The lowest BCUT2D eigenvalue weighted by Gasteiger charge is -2.17. The quantitative estimate of drug-likeness (QED) is 0.492. The van der Waals surface area contributed by atoms with Gasteiger partial charge in [-0.3, -0.25) is 4.57 Å². The largest absolute Gasteiger partial charge is 0.391 e. The van der Waals surface area contributed by atoms with Crippen LogP contribution < -0.4 is 0 Å². The minimum Gasteiger partial charge on any atom is -0.391 e. The van der Waals surface area contributed by atoms with Crippen molar-refractivity contribution in [3.8, 4) is 0 Å². The van der Waals surface area contributed by atoms with Crippen molar-refractivity contribution in [3.05, 3.63) is 53.6 Å². The molecule has 1 aliphatic carbocycles. The van der Waals surface area contributed by atoms with Crippen LogP contribution in [0.15, 0.2) is 42.1 Å². The summed E-state index contributed by atoms with van der Waals surface area (Å²) in [6.45, 7) is 3.95. The van der Waals surface area contributed by atoms with Gasteiger partial charge in [0.1, 0.15) is 12.4 Å². The molecule has 0 spiro atoms. The highest BCUT2D eigenvalue weighted by Gasteiger charge is 2.13. The van der Waals surface area contributed by atoms with Crippen LogP contribution in [-0.2, 0) is 17.7 Å². The highest BCUT2D eigenvalue weighted by atomic mass is 16.6. The zero-order chi connectivity index (χ0) is 14.7. The zero-order valence-corrected chi connectivity index (χ0v) is 12.6. The van der Waals surface area contributed by atoms with E-state index in [1.54, 1.807) is 12.5 Å². The highest BCUT2D eigenvalue weighted by molar-refractivity contribution is 6.00. The molecular weight excluding hydrogens is 262 g/mol. The number of nitrogens with zero attached hydrogens (tertiary/aromatic N) is 3. The Balaban J connectivity index is 1.98. The lowest BCUT2D eigenvalue weighted by Crippen LogP contribution is -2.15. The summed E-state index contributed by atoms with van der Waals surface area (Å²) in [5, 5.41) is 4.32. The smallest absolute Gasteiger partial charge is 0.184 e. The molecule has 21 heavy (non-hydrogen) atoms. The Hall–Kier alpha value is -2.10. The summed E-state index contributed by atoms with van der Waals surface area (Å²) in [5.74, 6) is 0.787. The molecule has 0 saturated heterocycles. The predicted molar refractivity (Wildman–Crippen MR) is 83.5 cm³/mol. The third kappa shape index (κ3) is 3.15. The maximum absolute atomic E-state index is 5.47. The van der Waals surface area contributed by atoms with E-state index in [1.807, 2.05) is 24.6 Å². The van der Waals surface area contributed by atoms with Gasteiger partial charge in [0.25, 0.3) is 0 Å². The molecule has 0 radical (unpaired) electrons. The Morgan fingerprint density at radius 2 is 2.05 bits per heavy atom. The summed E-state index contributed by atoms with van der Waals surface area (Å²) in [6, 6.07) is 6.61. The first kappa shape index (κ1) is 13.9. The van der Waals surface area contributed by atoms with Gasteiger partial charge >= 0.3 is 0 Å². The van der Waals surface area contributed by atoms with Crippen molar-refractivity contribution in [2.24, 2.45) is 5.16 Å². The number of aryl methyl sites for hydroxylation is 2. The van der Waals surface area contributed by atoms with Gasteiger partial charge in [0.2, 0.25) is 0 Å².